The third-order valence-electron chi connectivity index (χ3n) is 3.62. The van der Waals surface area contributed by atoms with Crippen LogP contribution in [0.2, 0.25) is 10.0 Å². The smallest absolute Gasteiger partial charge is 0.191 e. The van der Waals surface area contributed by atoms with Gasteiger partial charge in [-0.3, -0.25) is 4.79 Å². The van der Waals surface area contributed by atoms with Crippen LogP contribution < -0.4 is 4.74 Å². The van der Waals surface area contributed by atoms with E-state index >= 15 is 0 Å². The lowest BCUT2D eigenvalue weighted by Crippen LogP contribution is -2.06. The SMILES string of the molecule is Cn1c(COc2ccccc2Cl)nnc1SCC(=O)c1ccc(Cl)cc1. The Balaban J connectivity index is 1.59. The van der Waals surface area contributed by atoms with E-state index in [1.165, 1.54) is 11.8 Å². The zero-order chi connectivity index (χ0) is 18.5. The Bertz CT molecular complexity index is 913. The molecule has 0 saturated heterocycles. The van der Waals surface area contributed by atoms with Gasteiger partial charge in [-0.2, -0.15) is 0 Å². The van der Waals surface area contributed by atoms with Crippen LogP contribution in [0.5, 0.6) is 5.75 Å². The first kappa shape index (κ1) is 18.8. The fourth-order valence-electron chi connectivity index (χ4n) is 2.15. The number of aromatic nitrogens is 3. The van der Waals surface area contributed by atoms with Crippen LogP contribution in [-0.4, -0.2) is 26.3 Å². The van der Waals surface area contributed by atoms with Crippen molar-refractivity contribution in [1.82, 2.24) is 14.8 Å². The zero-order valence-corrected chi connectivity index (χ0v) is 16.2. The monoisotopic (exact) mass is 407 g/mol. The summed E-state index contributed by atoms with van der Waals surface area (Å²) in [6.45, 7) is 0.235. The van der Waals surface area contributed by atoms with Crippen molar-refractivity contribution in [3.05, 3.63) is 70.0 Å². The van der Waals surface area contributed by atoms with Gasteiger partial charge in [-0.05, 0) is 36.4 Å². The number of hydrogen-bond acceptors (Lipinski definition) is 5. The molecule has 3 rings (SSSR count). The van der Waals surface area contributed by atoms with Gasteiger partial charge in [-0.15, -0.1) is 10.2 Å². The molecule has 0 radical (unpaired) electrons. The second kappa shape index (κ2) is 8.58. The lowest BCUT2D eigenvalue weighted by atomic mass is 10.1. The first-order valence-electron chi connectivity index (χ1n) is 7.72. The van der Waals surface area contributed by atoms with Crippen molar-refractivity contribution < 1.29 is 9.53 Å². The Morgan fingerprint density at radius 1 is 1.12 bits per heavy atom. The van der Waals surface area contributed by atoms with E-state index < -0.39 is 0 Å². The van der Waals surface area contributed by atoms with Crippen LogP contribution in [0.3, 0.4) is 0 Å². The number of nitrogens with zero attached hydrogens (tertiary/aromatic N) is 3. The maximum absolute atomic E-state index is 12.2. The summed E-state index contributed by atoms with van der Waals surface area (Å²) in [7, 11) is 1.83. The standard InChI is InChI=1S/C18H15Cl2N3O2S/c1-23-17(10-25-16-5-3-2-4-14(16)20)21-22-18(23)26-11-15(24)12-6-8-13(19)9-7-12/h2-9H,10-11H2,1H3. The van der Waals surface area contributed by atoms with Gasteiger partial charge in [-0.25, -0.2) is 0 Å². The van der Waals surface area contributed by atoms with E-state index in [0.29, 0.717) is 32.3 Å². The van der Waals surface area contributed by atoms with Gasteiger partial charge in [0.2, 0.25) is 0 Å². The molecule has 3 aromatic rings. The molecule has 2 aromatic carbocycles. The topological polar surface area (TPSA) is 57.0 Å². The number of halogens is 2. The van der Waals surface area contributed by atoms with E-state index in [0.717, 1.165) is 0 Å². The Morgan fingerprint density at radius 2 is 1.85 bits per heavy atom. The number of ketones is 1. The highest BCUT2D eigenvalue weighted by atomic mass is 35.5. The van der Waals surface area contributed by atoms with Crippen molar-refractivity contribution in [1.29, 1.82) is 0 Å². The van der Waals surface area contributed by atoms with E-state index in [4.69, 9.17) is 27.9 Å². The molecular weight excluding hydrogens is 393 g/mol. The number of rotatable bonds is 7. The number of carbonyl (C=O) groups excluding carboxylic acids is 1. The van der Waals surface area contributed by atoms with E-state index in [1.807, 2.05) is 19.2 Å². The van der Waals surface area contributed by atoms with Crippen LogP contribution in [0.4, 0.5) is 0 Å². The fraction of sp³-hybridized carbons (Fsp3) is 0.167. The minimum atomic E-state index is 0.00327. The Hall–Kier alpha value is -2.02. The fourth-order valence-corrected chi connectivity index (χ4v) is 3.29. The largest absolute Gasteiger partial charge is 0.484 e. The quantitative estimate of drug-likeness (QED) is 0.420. The molecule has 134 valence electrons. The summed E-state index contributed by atoms with van der Waals surface area (Å²) in [6.07, 6.45) is 0. The number of para-hydroxylation sites is 1. The molecule has 8 heteroatoms. The zero-order valence-electron chi connectivity index (χ0n) is 13.9. The first-order chi connectivity index (χ1) is 12.5. The predicted molar refractivity (Wildman–Crippen MR) is 103 cm³/mol. The molecule has 1 heterocycles. The van der Waals surface area contributed by atoms with E-state index in [9.17, 15) is 4.79 Å². The molecule has 1 aromatic heterocycles. The predicted octanol–water partition coefficient (Wildman–Crippen LogP) is 4.68. The average molecular weight is 408 g/mol. The summed E-state index contributed by atoms with van der Waals surface area (Å²) in [4.78, 5) is 12.2. The van der Waals surface area contributed by atoms with Crippen LogP contribution in [0.25, 0.3) is 0 Å². The Labute approximate surface area is 165 Å². The Morgan fingerprint density at radius 3 is 2.58 bits per heavy atom. The highest BCUT2D eigenvalue weighted by Crippen LogP contribution is 2.24. The first-order valence-corrected chi connectivity index (χ1v) is 9.46. The van der Waals surface area contributed by atoms with Crippen LogP contribution in [0, 0.1) is 0 Å². The second-order valence-corrected chi connectivity index (χ2v) is 7.18. The number of Topliss-reactive ketones (excluding diaryl/α,β-unsaturated/α-hetero) is 1. The minimum Gasteiger partial charge on any atom is -0.484 e. The summed E-state index contributed by atoms with van der Waals surface area (Å²) < 4.78 is 7.48. The molecule has 0 fully saturated rings. The molecule has 0 N–H and O–H groups in total. The molecule has 0 aliphatic carbocycles. The van der Waals surface area contributed by atoms with Crippen molar-refractivity contribution in [2.75, 3.05) is 5.75 Å². The molecule has 0 aliphatic rings. The number of ether oxygens (including phenoxy) is 1. The maximum atomic E-state index is 12.2. The van der Waals surface area contributed by atoms with Gasteiger partial charge in [0.15, 0.2) is 16.8 Å². The molecule has 0 spiro atoms. The van der Waals surface area contributed by atoms with Gasteiger partial charge in [0.05, 0.1) is 10.8 Å². The number of carbonyl (C=O) groups is 1. The van der Waals surface area contributed by atoms with Gasteiger partial charge in [0.25, 0.3) is 0 Å². The summed E-state index contributed by atoms with van der Waals surface area (Å²) in [5.74, 6) is 1.50. The summed E-state index contributed by atoms with van der Waals surface area (Å²) in [5.41, 5.74) is 0.617. The summed E-state index contributed by atoms with van der Waals surface area (Å²) in [6, 6.07) is 14.1. The number of hydrogen-bond donors (Lipinski definition) is 0. The van der Waals surface area contributed by atoms with Gasteiger partial charge >= 0.3 is 0 Å². The Kier molecular flexibility index (Phi) is 6.19. The molecule has 0 aliphatic heterocycles. The average Bonchev–Trinajstić information content (AvgIpc) is 2.99. The van der Waals surface area contributed by atoms with Gasteiger partial charge < -0.3 is 9.30 Å². The van der Waals surface area contributed by atoms with Crippen molar-refractivity contribution >= 4 is 40.7 Å². The lowest BCUT2D eigenvalue weighted by molar-refractivity contribution is 0.102. The molecule has 0 unspecified atom stereocenters. The lowest BCUT2D eigenvalue weighted by Gasteiger charge is -2.07. The third-order valence-corrected chi connectivity index (χ3v) is 5.20. The van der Waals surface area contributed by atoms with Crippen molar-refractivity contribution in [2.45, 2.75) is 11.8 Å². The van der Waals surface area contributed by atoms with Crippen LogP contribution in [-0.2, 0) is 13.7 Å². The summed E-state index contributed by atoms with van der Waals surface area (Å²) in [5, 5.41) is 10.0. The molecule has 26 heavy (non-hydrogen) atoms. The van der Waals surface area contributed by atoms with Gasteiger partial charge in [0.1, 0.15) is 12.4 Å². The molecule has 0 atom stereocenters. The van der Waals surface area contributed by atoms with E-state index in [-0.39, 0.29) is 18.1 Å². The van der Waals surface area contributed by atoms with E-state index in [1.54, 1.807) is 41.0 Å². The molecule has 0 bridgehead atoms. The molecule has 0 amide bonds. The normalized spacial score (nSPS) is 10.7. The van der Waals surface area contributed by atoms with Crippen LogP contribution in [0.1, 0.15) is 16.2 Å². The molecule has 5 nitrogen and oxygen atoms in total. The van der Waals surface area contributed by atoms with Crippen LogP contribution in [0.15, 0.2) is 53.7 Å². The van der Waals surface area contributed by atoms with Crippen molar-refractivity contribution in [2.24, 2.45) is 7.05 Å². The van der Waals surface area contributed by atoms with Crippen LogP contribution >= 0.6 is 35.0 Å². The molecule has 0 saturated carbocycles. The van der Waals surface area contributed by atoms with Crippen molar-refractivity contribution in [3.8, 4) is 5.75 Å². The minimum absolute atomic E-state index is 0.00327. The summed E-state index contributed by atoms with van der Waals surface area (Å²) >= 11 is 13.2. The van der Waals surface area contributed by atoms with E-state index in [2.05, 4.69) is 10.2 Å². The third kappa shape index (κ3) is 4.58. The number of benzene rings is 2. The highest BCUT2D eigenvalue weighted by Gasteiger charge is 2.13. The van der Waals surface area contributed by atoms with Gasteiger partial charge in [-0.1, -0.05) is 47.1 Å². The molecular formula is C18H15Cl2N3O2S. The highest BCUT2D eigenvalue weighted by molar-refractivity contribution is 7.99. The van der Waals surface area contributed by atoms with Gasteiger partial charge in [0, 0.05) is 17.6 Å². The second-order valence-electron chi connectivity index (χ2n) is 5.40. The van der Waals surface area contributed by atoms with Crippen molar-refractivity contribution in [3.63, 3.8) is 0 Å². The number of thioether (sulfide) groups is 1. The maximum Gasteiger partial charge on any atom is 0.191 e.